The maximum absolute atomic E-state index is 4.45. The molecule has 0 unspecified atom stereocenters. The van der Waals surface area contributed by atoms with E-state index >= 15 is 0 Å². The van der Waals surface area contributed by atoms with E-state index in [2.05, 4.69) is 45.4 Å². The summed E-state index contributed by atoms with van der Waals surface area (Å²) in [6, 6.07) is 0. The highest BCUT2D eigenvalue weighted by Gasteiger charge is 2.11. The van der Waals surface area contributed by atoms with Crippen LogP contribution in [0.25, 0.3) is 4.96 Å². The molecule has 13 heavy (non-hydrogen) atoms. The number of fused-ring (bicyclic) bond motifs is 1. The van der Waals surface area contributed by atoms with E-state index in [1.807, 2.05) is 6.92 Å². The van der Waals surface area contributed by atoms with Crippen molar-refractivity contribution in [1.29, 1.82) is 0 Å². The molecule has 2 rings (SSSR count). The predicted molar refractivity (Wildman–Crippen MR) is 59.6 cm³/mol. The summed E-state index contributed by atoms with van der Waals surface area (Å²) < 4.78 is 3.18. The van der Waals surface area contributed by atoms with Crippen LogP contribution in [0.15, 0.2) is 10.8 Å². The lowest BCUT2D eigenvalue weighted by atomic mass is 10.2. The van der Waals surface area contributed by atoms with E-state index in [0.29, 0.717) is 5.92 Å². The van der Waals surface area contributed by atoms with Gasteiger partial charge in [0.05, 0.1) is 5.69 Å². The fourth-order valence-electron chi connectivity index (χ4n) is 1.21. The zero-order valence-corrected chi connectivity index (χ0v) is 10.2. The van der Waals surface area contributed by atoms with Crippen molar-refractivity contribution in [1.82, 2.24) is 9.38 Å². The molecule has 0 aliphatic rings. The third-order valence-corrected chi connectivity index (χ3v) is 4.25. The minimum absolute atomic E-state index is 0.582. The highest BCUT2D eigenvalue weighted by atomic mass is 79.9. The number of hydrogen-bond donors (Lipinski definition) is 0. The molecule has 0 atom stereocenters. The number of thiazole rings is 1. The van der Waals surface area contributed by atoms with Gasteiger partial charge in [-0.3, -0.25) is 4.40 Å². The summed E-state index contributed by atoms with van der Waals surface area (Å²) in [6.45, 7) is 6.41. The number of hydrogen-bond acceptors (Lipinski definition) is 2. The van der Waals surface area contributed by atoms with Crippen LogP contribution in [0.2, 0.25) is 0 Å². The summed E-state index contributed by atoms with van der Waals surface area (Å²) in [5, 5.41) is 0. The van der Waals surface area contributed by atoms with E-state index < -0.39 is 0 Å². The molecule has 2 heterocycles. The SMILES string of the molecule is Cc1nc2sc(C(C)C)cn2c1Br. The van der Waals surface area contributed by atoms with Gasteiger partial charge in [-0.25, -0.2) is 4.98 Å². The molecule has 0 aromatic carbocycles. The standard InChI is InChI=1S/C9H11BrN2S/c1-5(2)7-4-12-8(10)6(3)11-9(12)13-7/h4-5H,1-3H3. The molecule has 0 N–H and O–H groups in total. The topological polar surface area (TPSA) is 17.3 Å². The lowest BCUT2D eigenvalue weighted by Gasteiger charge is -1.96. The van der Waals surface area contributed by atoms with Crippen LogP contribution in [-0.2, 0) is 0 Å². The Morgan fingerprint density at radius 3 is 2.77 bits per heavy atom. The van der Waals surface area contributed by atoms with E-state index in [1.54, 1.807) is 11.3 Å². The molecule has 0 saturated carbocycles. The molecule has 0 fully saturated rings. The zero-order valence-electron chi connectivity index (χ0n) is 7.84. The summed E-state index contributed by atoms with van der Waals surface area (Å²) in [7, 11) is 0. The van der Waals surface area contributed by atoms with Gasteiger partial charge >= 0.3 is 0 Å². The van der Waals surface area contributed by atoms with E-state index in [1.165, 1.54) is 4.88 Å². The Bertz CT molecular complexity index is 442. The normalized spacial score (nSPS) is 11.8. The second-order valence-corrected chi connectivity index (χ2v) is 5.22. The van der Waals surface area contributed by atoms with Crippen molar-refractivity contribution in [3.05, 3.63) is 21.4 Å². The second kappa shape index (κ2) is 3.10. The molecule has 0 saturated heterocycles. The maximum Gasteiger partial charge on any atom is 0.195 e. The van der Waals surface area contributed by atoms with Gasteiger partial charge in [-0.15, -0.1) is 11.3 Å². The first-order valence-corrected chi connectivity index (χ1v) is 5.84. The van der Waals surface area contributed by atoms with Gasteiger partial charge in [-0.05, 0) is 28.8 Å². The summed E-state index contributed by atoms with van der Waals surface area (Å²) >= 11 is 5.28. The van der Waals surface area contributed by atoms with Crippen LogP contribution >= 0.6 is 27.3 Å². The number of halogens is 1. The lowest BCUT2D eigenvalue weighted by molar-refractivity contribution is 0.880. The van der Waals surface area contributed by atoms with E-state index in [0.717, 1.165) is 15.3 Å². The Labute approximate surface area is 89.7 Å². The molecule has 0 radical (unpaired) electrons. The van der Waals surface area contributed by atoms with Gasteiger partial charge in [0.25, 0.3) is 0 Å². The molecule has 0 aliphatic heterocycles. The number of nitrogens with zero attached hydrogens (tertiary/aromatic N) is 2. The molecule has 2 aromatic heterocycles. The van der Waals surface area contributed by atoms with Crippen molar-refractivity contribution < 1.29 is 0 Å². The van der Waals surface area contributed by atoms with Gasteiger partial charge in [0.15, 0.2) is 4.96 Å². The third kappa shape index (κ3) is 1.42. The fraction of sp³-hybridized carbons (Fsp3) is 0.444. The van der Waals surface area contributed by atoms with Crippen molar-refractivity contribution in [2.24, 2.45) is 0 Å². The molecular formula is C9H11BrN2S. The summed E-state index contributed by atoms with van der Waals surface area (Å²) in [6.07, 6.45) is 2.16. The first-order valence-electron chi connectivity index (χ1n) is 4.23. The minimum atomic E-state index is 0.582. The quantitative estimate of drug-likeness (QED) is 0.765. The van der Waals surface area contributed by atoms with Gasteiger partial charge in [-0.1, -0.05) is 13.8 Å². The number of imidazole rings is 1. The average Bonchev–Trinajstić information content (AvgIpc) is 2.55. The molecule has 70 valence electrons. The maximum atomic E-state index is 4.45. The first kappa shape index (κ1) is 9.21. The van der Waals surface area contributed by atoms with Crippen LogP contribution in [0, 0.1) is 6.92 Å². The molecule has 2 aromatic rings. The number of rotatable bonds is 1. The molecule has 0 aliphatic carbocycles. The molecule has 0 bridgehead atoms. The van der Waals surface area contributed by atoms with Crippen LogP contribution in [0.3, 0.4) is 0 Å². The molecule has 0 amide bonds. The fourth-order valence-corrected chi connectivity index (χ4v) is 2.72. The molecule has 4 heteroatoms. The lowest BCUT2D eigenvalue weighted by Crippen LogP contribution is -1.82. The second-order valence-electron chi connectivity index (χ2n) is 3.43. The Kier molecular flexibility index (Phi) is 2.20. The van der Waals surface area contributed by atoms with Gasteiger partial charge in [0.1, 0.15) is 4.60 Å². The van der Waals surface area contributed by atoms with Crippen LogP contribution in [0.1, 0.15) is 30.3 Å². The number of aromatic nitrogens is 2. The average molecular weight is 259 g/mol. The van der Waals surface area contributed by atoms with Crippen LogP contribution < -0.4 is 0 Å². The van der Waals surface area contributed by atoms with Crippen molar-refractivity contribution in [3.8, 4) is 0 Å². The third-order valence-electron chi connectivity index (χ3n) is 2.01. The molecule has 0 spiro atoms. The Balaban J connectivity index is 2.65. The Morgan fingerprint density at radius 2 is 2.23 bits per heavy atom. The highest BCUT2D eigenvalue weighted by molar-refractivity contribution is 9.10. The van der Waals surface area contributed by atoms with Crippen molar-refractivity contribution >= 4 is 32.2 Å². The summed E-state index contributed by atoms with van der Waals surface area (Å²) in [4.78, 5) is 6.91. The van der Waals surface area contributed by atoms with Crippen molar-refractivity contribution in [2.75, 3.05) is 0 Å². The minimum Gasteiger partial charge on any atom is -0.284 e. The van der Waals surface area contributed by atoms with Crippen LogP contribution in [0.5, 0.6) is 0 Å². The Morgan fingerprint density at radius 1 is 1.54 bits per heavy atom. The first-order chi connectivity index (χ1) is 6.09. The molecule has 2 nitrogen and oxygen atoms in total. The zero-order chi connectivity index (χ0) is 9.59. The van der Waals surface area contributed by atoms with Gasteiger partial charge in [-0.2, -0.15) is 0 Å². The van der Waals surface area contributed by atoms with Gasteiger partial charge in [0.2, 0.25) is 0 Å². The van der Waals surface area contributed by atoms with Gasteiger partial charge in [0, 0.05) is 11.1 Å². The van der Waals surface area contributed by atoms with Crippen molar-refractivity contribution in [2.45, 2.75) is 26.7 Å². The van der Waals surface area contributed by atoms with E-state index in [-0.39, 0.29) is 0 Å². The van der Waals surface area contributed by atoms with E-state index in [4.69, 9.17) is 0 Å². The van der Waals surface area contributed by atoms with E-state index in [9.17, 15) is 0 Å². The Hall–Kier alpha value is -0.350. The van der Waals surface area contributed by atoms with Crippen LogP contribution in [0.4, 0.5) is 0 Å². The number of aryl methyl sites for hydroxylation is 1. The van der Waals surface area contributed by atoms with Crippen molar-refractivity contribution in [3.63, 3.8) is 0 Å². The smallest absolute Gasteiger partial charge is 0.195 e. The summed E-state index contributed by atoms with van der Waals surface area (Å²) in [5.41, 5.74) is 1.06. The predicted octanol–water partition coefficient (Wildman–Crippen LogP) is 3.59. The summed E-state index contributed by atoms with van der Waals surface area (Å²) in [5.74, 6) is 0.582. The van der Waals surface area contributed by atoms with Crippen LogP contribution in [-0.4, -0.2) is 9.38 Å². The largest absolute Gasteiger partial charge is 0.284 e. The van der Waals surface area contributed by atoms with Gasteiger partial charge < -0.3 is 0 Å². The highest BCUT2D eigenvalue weighted by Crippen LogP contribution is 2.28. The molecular weight excluding hydrogens is 248 g/mol. The monoisotopic (exact) mass is 258 g/mol.